The van der Waals surface area contributed by atoms with Gasteiger partial charge in [0.1, 0.15) is 11.9 Å². The quantitative estimate of drug-likeness (QED) is 0.708. The highest BCUT2D eigenvalue weighted by Gasteiger charge is 2.19. The van der Waals surface area contributed by atoms with Gasteiger partial charge >= 0.3 is 0 Å². The van der Waals surface area contributed by atoms with Crippen LogP contribution >= 0.6 is 0 Å². The van der Waals surface area contributed by atoms with Gasteiger partial charge < -0.3 is 9.64 Å². The second-order valence-corrected chi connectivity index (χ2v) is 4.70. The number of nitrogens with zero attached hydrogens (tertiary/aromatic N) is 1. The molecule has 1 aliphatic heterocycles. The molecule has 2 aliphatic rings. The average molecular weight is 219 g/mol. The lowest BCUT2D eigenvalue weighted by Gasteiger charge is -2.30. The predicted octanol–water partition coefficient (Wildman–Crippen LogP) is 2.89. The molecule has 2 rings (SSSR count). The molecule has 0 aromatic rings. The molecular weight excluding hydrogens is 198 g/mol. The molecule has 2 heteroatoms. The molecule has 1 aliphatic carbocycles. The fourth-order valence-corrected chi connectivity index (χ4v) is 2.13. The van der Waals surface area contributed by atoms with E-state index in [0.717, 1.165) is 38.1 Å². The zero-order chi connectivity index (χ0) is 11.4. The van der Waals surface area contributed by atoms with Crippen LogP contribution in [-0.4, -0.2) is 31.1 Å². The van der Waals surface area contributed by atoms with Crippen LogP contribution in [0.2, 0.25) is 0 Å². The van der Waals surface area contributed by atoms with E-state index in [2.05, 4.69) is 43.2 Å². The third-order valence-corrected chi connectivity index (χ3v) is 3.29. The van der Waals surface area contributed by atoms with Crippen LogP contribution in [0.25, 0.3) is 0 Å². The first-order chi connectivity index (χ1) is 7.75. The van der Waals surface area contributed by atoms with Crippen LogP contribution in [0.15, 0.2) is 35.6 Å². The number of ether oxygens (including phenoxy) is 1. The van der Waals surface area contributed by atoms with Crippen molar-refractivity contribution in [1.29, 1.82) is 0 Å². The summed E-state index contributed by atoms with van der Waals surface area (Å²) in [4.78, 5) is 2.37. The third-order valence-electron chi connectivity index (χ3n) is 3.29. The molecule has 0 spiro atoms. The molecule has 0 atom stereocenters. The minimum absolute atomic E-state index is 0.400. The van der Waals surface area contributed by atoms with Gasteiger partial charge in [0.15, 0.2) is 0 Å². The topological polar surface area (TPSA) is 12.5 Å². The van der Waals surface area contributed by atoms with Gasteiger partial charge in [0, 0.05) is 13.1 Å². The van der Waals surface area contributed by atoms with Gasteiger partial charge in [-0.05, 0) is 44.9 Å². The van der Waals surface area contributed by atoms with Gasteiger partial charge in [0.05, 0.1) is 0 Å². The summed E-state index contributed by atoms with van der Waals surface area (Å²) >= 11 is 0. The molecule has 0 aromatic heterocycles. The van der Waals surface area contributed by atoms with E-state index >= 15 is 0 Å². The fourth-order valence-electron chi connectivity index (χ4n) is 2.13. The van der Waals surface area contributed by atoms with E-state index in [1.165, 1.54) is 5.57 Å². The minimum atomic E-state index is 0.400. The molecule has 1 saturated heterocycles. The number of allylic oxidation sites excluding steroid dienone is 5. The Bertz CT molecular complexity index is 320. The lowest BCUT2D eigenvalue weighted by atomic mass is 10.1. The summed E-state index contributed by atoms with van der Waals surface area (Å²) in [6, 6.07) is 0. The molecule has 0 amide bonds. The SMILES string of the molecule is CC1=CCC=CC=C1OC1CCN(C)CC1. The van der Waals surface area contributed by atoms with Crippen LogP contribution in [0.5, 0.6) is 0 Å². The van der Waals surface area contributed by atoms with E-state index in [4.69, 9.17) is 4.74 Å². The number of hydrogen-bond donors (Lipinski definition) is 0. The van der Waals surface area contributed by atoms with Crippen molar-refractivity contribution in [3.8, 4) is 0 Å². The Labute approximate surface area is 98.3 Å². The monoisotopic (exact) mass is 219 g/mol. The van der Waals surface area contributed by atoms with Crippen molar-refractivity contribution in [2.45, 2.75) is 32.3 Å². The molecule has 0 saturated carbocycles. The summed E-state index contributed by atoms with van der Waals surface area (Å²) < 4.78 is 6.09. The molecule has 0 N–H and O–H groups in total. The van der Waals surface area contributed by atoms with Crippen molar-refractivity contribution < 1.29 is 4.74 Å². The van der Waals surface area contributed by atoms with Gasteiger partial charge in [-0.2, -0.15) is 0 Å². The molecule has 0 radical (unpaired) electrons. The van der Waals surface area contributed by atoms with Gasteiger partial charge in [-0.1, -0.05) is 18.2 Å². The van der Waals surface area contributed by atoms with E-state index in [-0.39, 0.29) is 0 Å². The fraction of sp³-hybridized carbons (Fsp3) is 0.571. The Morgan fingerprint density at radius 2 is 2.06 bits per heavy atom. The molecule has 0 aromatic carbocycles. The average Bonchev–Trinajstić information content (AvgIpc) is 2.48. The van der Waals surface area contributed by atoms with Crippen molar-refractivity contribution in [2.75, 3.05) is 20.1 Å². The number of hydrogen-bond acceptors (Lipinski definition) is 2. The summed E-state index contributed by atoms with van der Waals surface area (Å²) in [6.07, 6.45) is 12.3. The standard InChI is InChI=1S/C14H21NO/c1-12-6-4-3-5-7-14(12)16-13-8-10-15(2)11-9-13/h3,5-7,13H,4,8-11H2,1-2H3. The van der Waals surface area contributed by atoms with Crippen molar-refractivity contribution in [2.24, 2.45) is 0 Å². The molecule has 1 fully saturated rings. The lowest BCUT2D eigenvalue weighted by molar-refractivity contribution is 0.0622. The molecule has 0 unspecified atom stereocenters. The number of piperidine rings is 1. The van der Waals surface area contributed by atoms with Crippen molar-refractivity contribution in [3.63, 3.8) is 0 Å². The van der Waals surface area contributed by atoms with E-state index in [1.54, 1.807) is 0 Å². The molecule has 0 bridgehead atoms. The smallest absolute Gasteiger partial charge is 0.122 e. The van der Waals surface area contributed by atoms with Crippen molar-refractivity contribution in [1.82, 2.24) is 4.90 Å². The van der Waals surface area contributed by atoms with Crippen molar-refractivity contribution in [3.05, 3.63) is 35.6 Å². The number of rotatable bonds is 2. The largest absolute Gasteiger partial charge is 0.490 e. The van der Waals surface area contributed by atoms with Crippen LogP contribution in [0.3, 0.4) is 0 Å². The van der Waals surface area contributed by atoms with E-state index in [0.29, 0.717) is 6.10 Å². The van der Waals surface area contributed by atoms with E-state index < -0.39 is 0 Å². The maximum absolute atomic E-state index is 6.09. The summed E-state index contributed by atoms with van der Waals surface area (Å²) in [5.74, 6) is 1.06. The summed E-state index contributed by atoms with van der Waals surface area (Å²) in [6.45, 7) is 4.43. The first-order valence-electron chi connectivity index (χ1n) is 6.15. The van der Waals surface area contributed by atoms with Gasteiger partial charge in [-0.25, -0.2) is 0 Å². The molecular formula is C14H21NO. The Hall–Kier alpha value is -1.02. The second-order valence-electron chi connectivity index (χ2n) is 4.70. The Balaban J connectivity index is 1.93. The Morgan fingerprint density at radius 3 is 2.81 bits per heavy atom. The summed E-state index contributed by atoms with van der Waals surface area (Å²) in [5, 5.41) is 0. The van der Waals surface area contributed by atoms with E-state index in [1.807, 2.05) is 0 Å². The molecule has 1 heterocycles. The maximum atomic E-state index is 6.09. The van der Waals surface area contributed by atoms with Crippen LogP contribution in [-0.2, 0) is 4.74 Å². The molecule has 88 valence electrons. The second kappa shape index (κ2) is 5.35. The van der Waals surface area contributed by atoms with Gasteiger partial charge in [-0.3, -0.25) is 0 Å². The molecule has 16 heavy (non-hydrogen) atoms. The van der Waals surface area contributed by atoms with Gasteiger partial charge in [0.25, 0.3) is 0 Å². The lowest BCUT2D eigenvalue weighted by Crippen LogP contribution is -2.34. The minimum Gasteiger partial charge on any atom is -0.490 e. The van der Waals surface area contributed by atoms with Crippen LogP contribution in [0.4, 0.5) is 0 Å². The van der Waals surface area contributed by atoms with Crippen molar-refractivity contribution >= 4 is 0 Å². The maximum Gasteiger partial charge on any atom is 0.122 e. The molecule has 2 nitrogen and oxygen atoms in total. The Morgan fingerprint density at radius 1 is 1.31 bits per heavy atom. The normalized spacial score (nSPS) is 23.6. The van der Waals surface area contributed by atoms with Gasteiger partial charge in [-0.15, -0.1) is 0 Å². The first-order valence-corrected chi connectivity index (χ1v) is 6.15. The zero-order valence-electron chi connectivity index (χ0n) is 10.3. The van der Waals surface area contributed by atoms with Gasteiger partial charge in [0.2, 0.25) is 0 Å². The van der Waals surface area contributed by atoms with Crippen LogP contribution in [0.1, 0.15) is 26.2 Å². The summed E-state index contributed by atoms with van der Waals surface area (Å²) in [5.41, 5.74) is 1.27. The highest BCUT2D eigenvalue weighted by molar-refractivity contribution is 5.30. The highest BCUT2D eigenvalue weighted by atomic mass is 16.5. The summed E-state index contributed by atoms with van der Waals surface area (Å²) in [7, 11) is 2.18. The highest BCUT2D eigenvalue weighted by Crippen LogP contribution is 2.21. The zero-order valence-corrected chi connectivity index (χ0v) is 10.3. The first kappa shape index (κ1) is 11.5. The predicted molar refractivity (Wildman–Crippen MR) is 67.2 cm³/mol. The Kier molecular flexibility index (Phi) is 3.83. The van der Waals surface area contributed by atoms with E-state index in [9.17, 15) is 0 Å². The van der Waals surface area contributed by atoms with Crippen LogP contribution < -0.4 is 0 Å². The van der Waals surface area contributed by atoms with Crippen LogP contribution in [0, 0.1) is 0 Å². The third kappa shape index (κ3) is 2.99. The number of likely N-dealkylation sites (tertiary alicyclic amines) is 1.